The number of halogens is 2. The third-order valence-electron chi connectivity index (χ3n) is 3.51. The molecule has 1 aromatic rings. The highest BCUT2D eigenvalue weighted by atomic mass is 19.3. The lowest BCUT2D eigenvalue weighted by molar-refractivity contribution is -0.129. The fourth-order valence-corrected chi connectivity index (χ4v) is 2.58. The van der Waals surface area contributed by atoms with Crippen molar-refractivity contribution in [3.05, 3.63) is 35.4 Å². The summed E-state index contributed by atoms with van der Waals surface area (Å²) in [6.07, 6.45) is -2.30. The molecule has 110 valence electrons. The Hall–Kier alpha value is -1.53. The summed E-state index contributed by atoms with van der Waals surface area (Å²) in [6.45, 7) is 0.802. The Balaban J connectivity index is 2.27. The van der Waals surface area contributed by atoms with Crippen molar-refractivity contribution in [2.45, 2.75) is 24.9 Å². The van der Waals surface area contributed by atoms with Gasteiger partial charge in [0.2, 0.25) is 5.91 Å². The van der Waals surface area contributed by atoms with Crippen LogP contribution in [-0.2, 0) is 9.53 Å². The summed E-state index contributed by atoms with van der Waals surface area (Å²) >= 11 is 0. The number of hydrogen-bond donors (Lipinski definition) is 1. The van der Waals surface area contributed by atoms with Gasteiger partial charge in [0.1, 0.15) is 0 Å². The standard InChI is InChI=1S/C14H18F2N2O2/c1-20-6-5-18-12(19)8-11(17)13(18)9-3-2-4-10(7-9)14(15)16/h2-4,7,11,13-14H,5-6,8,17H2,1H3. The van der Waals surface area contributed by atoms with Crippen LogP contribution in [0.4, 0.5) is 8.78 Å². The minimum Gasteiger partial charge on any atom is -0.383 e. The van der Waals surface area contributed by atoms with Crippen molar-refractivity contribution < 1.29 is 18.3 Å². The summed E-state index contributed by atoms with van der Waals surface area (Å²) < 4.78 is 30.5. The van der Waals surface area contributed by atoms with Gasteiger partial charge in [0.25, 0.3) is 6.43 Å². The third kappa shape index (κ3) is 2.96. The molecule has 0 spiro atoms. The highest BCUT2D eigenvalue weighted by Crippen LogP contribution is 2.33. The van der Waals surface area contributed by atoms with E-state index >= 15 is 0 Å². The maximum atomic E-state index is 12.8. The highest BCUT2D eigenvalue weighted by molar-refractivity contribution is 5.80. The zero-order chi connectivity index (χ0) is 14.7. The second kappa shape index (κ2) is 6.28. The number of rotatable bonds is 5. The van der Waals surface area contributed by atoms with Crippen LogP contribution in [0.5, 0.6) is 0 Å². The Bertz CT molecular complexity index is 482. The number of ether oxygens (including phenoxy) is 1. The molecule has 2 unspecified atom stereocenters. The largest absolute Gasteiger partial charge is 0.383 e. The van der Waals surface area contributed by atoms with Gasteiger partial charge in [-0.15, -0.1) is 0 Å². The number of methoxy groups -OCH3 is 1. The van der Waals surface area contributed by atoms with Gasteiger partial charge in [-0.2, -0.15) is 0 Å². The van der Waals surface area contributed by atoms with Gasteiger partial charge in [0, 0.05) is 31.7 Å². The normalized spacial score (nSPS) is 22.9. The Kier molecular flexibility index (Phi) is 4.67. The summed E-state index contributed by atoms with van der Waals surface area (Å²) in [4.78, 5) is 13.5. The van der Waals surface area contributed by atoms with E-state index < -0.39 is 6.43 Å². The maximum absolute atomic E-state index is 12.8. The van der Waals surface area contributed by atoms with Crippen molar-refractivity contribution >= 4 is 5.91 Å². The van der Waals surface area contributed by atoms with Crippen molar-refractivity contribution in [2.24, 2.45) is 5.73 Å². The van der Waals surface area contributed by atoms with Gasteiger partial charge < -0.3 is 15.4 Å². The molecule has 0 saturated carbocycles. The van der Waals surface area contributed by atoms with Crippen molar-refractivity contribution in [3.8, 4) is 0 Å². The summed E-state index contributed by atoms with van der Waals surface area (Å²) in [5.41, 5.74) is 6.59. The van der Waals surface area contributed by atoms with Crippen molar-refractivity contribution in [1.29, 1.82) is 0 Å². The molecular weight excluding hydrogens is 266 g/mol. The first kappa shape index (κ1) is 14.9. The first-order chi connectivity index (χ1) is 9.54. The van der Waals surface area contributed by atoms with Crippen molar-refractivity contribution in [1.82, 2.24) is 4.90 Å². The number of carbonyl (C=O) groups is 1. The smallest absolute Gasteiger partial charge is 0.263 e. The zero-order valence-corrected chi connectivity index (χ0v) is 11.3. The number of amides is 1. The van der Waals surface area contributed by atoms with E-state index in [1.165, 1.54) is 12.1 Å². The van der Waals surface area contributed by atoms with Gasteiger partial charge in [-0.1, -0.05) is 18.2 Å². The molecule has 0 radical (unpaired) electrons. The molecule has 1 amide bonds. The van der Waals surface area contributed by atoms with E-state index in [9.17, 15) is 13.6 Å². The molecule has 1 heterocycles. The molecule has 6 heteroatoms. The topological polar surface area (TPSA) is 55.6 Å². The van der Waals surface area contributed by atoms with Gasteiger partial charge in [0.15, 0.2) is 0 Å². The SMILES string of the molecule is COCCN1C(=O)CC(N)C1c1cccc(C(F)F)c1. The molecule has 20 heavy (non-hydrogen) atoms. The predicted molar refractivity (Wildman–Crippen MR) is 70.3 cm³/mol. The minimum absolute atomic E-state index is 0.0549. The Morgan fingerprint density at radius 1 is 1.50 bits per heavy atom. The molecule has 0 bridgehead atoms. The summed E-state index contributed by atoms with van der Waals surface area (Å²) in [5, 5.41) is 0. The van der Waals surface area contributed by atoms with E-state index in [-0.39, 0.29) is 30.0 Å². The average Bonchev–Trinajstić information content (AvgIpc) is 2.70. The van der Waals surface area contributed by atoms with Crippen molar-refractivity contribution in [3.63, 3.8) is 0 Å². The quantitative estimate of drug-likeness (QED) is 0.898. The van der Waals surface area contributed by atoms with Crippen LogP contribution < -0.4 is 5.73 Å². The van der Waals surface area contributed by atoms with Crippen LogP contribution in [0.3, 0.4) is 0 Å². The van der Waals surface area contributed by atoms with Gasteiger partial charge in [-0.05, 0) is 11.6 Å². The molecule has 0 aliphatic carbocycles. The van der Waals surface area contributed by atoms with Gasteiger partial charge >= 0.3 is 0 Å². The molecule has 2 rings (SSSR count). The lowest BCUT2D eigenvalue weighted by Gasteiger charge is -2.27. The van der Waals surface area contributed by atoms with Crippen molar-refractivity contribution in [2.75, 3.05) is 20.3 Å². The molecule has 0 aromatic heterocycles. The molecule has 4 nitrogen and oxygen atoms in total. The predicted octanol–water partition coefficient (Wildman–Crippen LogP) is 1.87. The van der Waals surface area contributed by atoms with E-state index in [2.05, 4.69) is 0 Å². The summed E-state index contributed by atoms with van der Waals surface area (Å²) in [5.74, 6) is -0.0676. The first-order valence-electron chi connectivity index (χ1n) is 6.46. The molecular formula is C14H18F2N2O2. The zero-order valence-electron chi connectivity index (χ0n) is 11.3. The van der Waals surface area contributed by atoms with Crippen LogP contribution in [0.1, 0.15) is 30.0 Å². The fraction of sp³-hybridized carbons (Fsp3) is 0.500. The monoisotopic (exact) mass is 284 g/mol. The van der Waals surface area contributed by atoms with E-state index in [0.717, 1.165) is 0 Å². The molecule has 1 aliphatic heterocycles. The van der Waals surface area contributed by atoms with Crippen LogP contribution in [0.25, 0.3) is 0 Å². The lowest BCUT2D eigenvalue weighted by Crippen LogP contribution is -2.35. The number of benzene rings is 1. The molecule has 2 N–H and O–H groups in total. The lowest BCUT2D eigenvalue weighted by atomic mass is 9.99. The van der Waals surface area contributed by atoms with Gasteiger partial charge in [-0.3, -0.25) is 4.79 Å². The van der Waals surface area contributed by atoms with Gasteiger partial charge in [-0.25, -0.2) is 8.78 Å². The molecule has 1 fully saturated rings. The van der Waals surface area contributed by atoms with Crippen LogP contribution in [-0.4, -0.2) is 37.1 Å². The van der Waals surface area contributed by atoms with Gasteiger partial charge in [0.05, 0.1) is 12.6 Å². The summed E-state index contributed by atoms with van der Waals surface area (Å²) in [6, 6.07) is 5.35. The summed E-state index contributed by atoms with van der Waals surface area (Å²) in [7, 11) is 1.55. The Morgan fingerprint density at radius 3 is 2.90 bits per heavy atom. The fourth-order valence-electron chi connectivity index (χ4n) is 2.58. The van der Waals surface area contributed by atoms with Crippen LogP contribution in [0.2, 0.25) is 0 Å². The van der Waals surface area contributed by atoms with E-state index in [4.69, 9.17) is 10.5 Å². The minimum atomic E-state index is -2.53. The maximum Gasteiger partial charge on any atom is 0.263 e. The average molecular weight is 284 g/mol. The molecule has 1 aromatic carbocycles. The van der Waals surface area contributed by atoms with E-state index in [1.807, 2.05) is 0 Å². The molecule has 1 aliphatic rings. The van der Waals surface area contributed by atoms with E-state index in [0.29, 0.717) is 18.7 Å². The number of nitrogens with two attached hydrogens (primary N) is 1. The third-order valence-corrected chi connectivity index (χ3v) is 3.51. The number of nitrogens with zero attached hydrogens (tertiary/aromatic N) is 1. The molecule has 2 atom stereocenters. The van der Waals surface area contributed by atoms with E-state index in [1.54, 1.807) is 24.1 Å². The first-order valence-corrected chi connectivity index (χ1v) is 6.46. The number of hydrogen-bond acceptors (Lipinski definition) is 3. The Morgan fingerprint density at radius 2 is 2.25 bits per heavy atom. The second-order valence-electron chi connectivity index (χ2n) is 4.86. The van der Waals surface area contributed by atoms with Crippen LogP contribution >= 0.6 is 0 Å². The second-order valence-corrected chi connectivity index (χ2v) is 4.86. The Labute approximate surface area is 116 Å². The van der Waals surface area contributed by atoms with Crippen LogP contribution in [0.15, 0.2) is 24.3 Å². The number of alkyl halides is 2. The van der Waals surface area contributed by atoms with Crippen LogP contribution in [0, 0.1) is 0 Å². The number of carbonyl (C=O) groups excluding carboxylic acids is 1. The molecule has 1 saturated heterocycles. The highest BCUT2D eigenvalue weighted by Gasteiger charge is 2.38. The number of likely N-dealkylation sites (tertiary alicyclic amines) is 1.